The molecule has 1 N–H and O–H groups in total. The number of anilines is 1. The normalized spacial score (nSPS) is 17.9. The first-order valence-corrected chi connectivity index (χ1v) is 7.50. The van der Waals surface area contributed by atoms with E-state index in [1.54, 1.807) is 24.8 Å². The van der Waals surface area contributed by atoms with Crippen molar-refractivity contribution in [2.45, 2.75) is 13.0 Å². The second-order valence-corrected chi connectivity index (χ2v) is 5.72. The molecule has 0 fully saturated rings. The monoisotopic (exact) mass is 286 g/mol. The van der Waals surface area contributed by atoms with Crippen LogP contribution in [0, 0.1) is 12.7 Å². The standard InChI is InChI=1S/C16H15FN2S/c1-11-13(17)8-5-9-14(11)18-16-19-15(10-20-16)12-6-3-2-4-7-12/h2-9,15H,10H2,1H3,(H,18,19). The number of nitrogens with one attached hydrogen (secondary N) is 1. The summed E-state index contributed by atoms with van der Waals surface area (Å²) in [6, 6.07) is 15.5. The van der Waals surface area contributed by atoms with E-state index in [9.17, 15) is 4.39 Å². The Hall–Kier alpha value is -1.81. The molecule has 0 saturated heterocycles. The summed E-state index contributed by atoms with van der Waals surface area (Å²) in [6.45, 7) is 1.77. The van der Waals surface area contributed by atoms with Gasteiger partial charge in [-0.3, -0.25) is 4.99 Å². The van der Waals surface area contributed by atoms with Gasteiger partial charge in [-0.1, -0.05) is 48.2 Å². The van der Waals surface area contributed by atoms with Crippen LogP contribution in [0.3, 0.4) is 0 Å². The highest BCUT2D eigenvalue weighted by molar-refractivity contribution is 8.14. The quantitative estimate of drug-likeness (QED) is 0.885. The highest BCUT2D eigenvalue weighted by Gasteiger charge is 2.20. The van der Waals surface area contributed by atoms with Crippen LogP contribution in [0.25, 0.3) is 0 Å². The van der Waals surface area contributed by atoms with Crippen LogP contribution < -0.4 is 5.32 Å². The number of aliphatic imine (C=N–C) groups is 1. The van der Waals surface area contributed by atoms with E-state index in [0.717, 1.165) is 16.6 Å². The van der Waals surface area contributed by atoms with E-state index in [1.807, 2.05) is 24.3 Å². The zero-order chi connectivity index (χ0) is 13.9. The maximum absolute atomic E-state index is 13.5. The summed E-state index contributed by atoms with van der Waals surface area (Å²) < 4.78 is 13.5. The molecule has 0 radical (unpaired) electrons. The first kappa shape index (κ1) is 13.2. The van der Waals surface area contributed by atoms with Crippen LogP contribution in [0.5, 0.6) is 0 Å². The van der Waals surface area contributed by atoms with Crippen LogP contribution in [-0.4, -0.2) is 10.9 Å². The molecule has 1 aliphatic rings. The fraction of sp³-hybridized carbons (Fsp3) is 0.188. The van der Waals surface area contributed by atoms with Crippen molar-refractivity contribution in [1.82, 2.24) is 0 Å². The molecular formula is C16H15FN2S. The Balaban J connectivity index is 1.78. The molecule has 2 aromatic carbocycles. The number of rotatable bonds is 2. The van der Waals surface area contributed by atoms with Crippen molar-refractivity contribution < 1.29 is 4.39 Å². The second kappa shape index (κ2) is 5.67. The van der Waals surface area contributed by atoms with Crippen molar-refractivity contribution in [3.05, 3.63) is 65.5 Å². The third kappa shape index (κ3) is 2.70. The van der Waals surface area contributed by atoms with Gasteiger partial charge in [-0.25, -0.2) is 4.39 Å². The lowest BCUT2D eigenvalue weighted by Crippen LogP contribution is -2.06. The lowest BCUT2D eigenvalue weighted by molar-refractivity contribution is 0.619. The van der Waals surface area contributed by atoms with Crippen LogP contribution >= 0.6 is 11.8 Å². The molecule has 0 aliphatic carbocycles. The molecule has 2 aromatic rings. The Bertz CT molecular complexity index is 640. The van der Waals surface area contributed by atoms with Crippen molar-refractivity contribution in [2.75, 3.05) is 11.1 Å². The highest BCUT2D eigenvalue weighted by Crippen LogP contribution is 2.31. The van der Waals surface area contributed by atoms with Crippen molar-refractivity contribution in [2.24, 2.45) is 4.99 Å². The third-order valence-electron chi connectivity index (χ3n) is 3.34. The minimum Gasteiger partial charge on any atom is -0.335 e. The molecule has 2 nitrogen and oxygen atoms in total. The number of halogens is 1. The maximum atomic E-state index is 13.5. The first-order valence-electron chi connectivity index (χ1n) is 6.52. The van der Waals surface area contributed by atoms with Gasteiger partial charge < -0.3 is 5.32 Å². The van der Waals surface area contributed by atoms with Gasteiger partial charge in [-0.2, -0.15) is 0 Å². The third-order valence-corrected chi connectivity index (χ3v) is 4.31. The molecular weight excluding hydrogens is 271 g/mol. The van der Waals surface area contributed by atoms with Gasteiger partial charge in [0.05, 0.1) is 6.04 Å². The van der Waals surface area contributed by atoms with Crippen LogP contribution in [0.15, 0.2) is 53.5 Å². The molecule has 0 amide bonds. The summed E-state index contributed by atoms with van der Waals surface area (Å²) in [5, 5.41) is 4.08. The second-order valence-electron chi connectivity index (χ2n) is 4.71. The molecule has 102 valence electrons. The number of thioether (sulfide) groups is 1. The van der Waals surface area contributed by atoms with Gasteiger partial charge in [0.1, 0.15) is 5.82 Å². The van der Waals surface area contributed by atoms with E-state index in [1.165, 1.54) is 11.6 Å². The smallest absolute Gasteiger partial charge is 0.161 e. The topological polar surface area (TPSA) is 24.4 Å². The minimum atomic E-state index is -0.196. The molecule has 0 saturated carbocycles. The molecule has 0 aromatic heterocycles. The van der Waals surface area contributed by atoms with Crippen LogP contribution in [0.4, 0.5) is 10.1 Å². The van der Waals surface area contributed by atoms with Crippen molar-refractivity contribution in [3.63, 3.8) is 0 Å². The van der Waals surface area contributed by atoms with Crippen LogP contribution in [0.2, 0.25) is 0 Å². The van der Waals surface area contributed by atoms with Gasteiger partial charge in [0.2, 0.25) is 0 Å². The summed E-state index contributed by atoms with van der Waals surface area (Å²) in [5.41, 5.74) is 2.62. The fourth-order valence-electron chi connectivity index (χ4n) is 2.15. The van der Waals surface area contributed by atoms with Crippen molar-refractivity contribution in [3.8, 4) is 0 Å². The molecule has 20 heavy (non-hydrogen) atoms. The number of nitrogens with zero attached hydrogens (tertiary/aromatic N) is 1. The molecule has 4 heteroatoms. The molecule has 1 unspecified atom stereocenters. The Kier molecular flexibility index (Phi) is 3.74. The molecule has 1 heterocycles. The summed E-state index contributed by atoms with van der Waals surface area (Å²) in [5.74, 6) is 0.721. The molecule has 1 aliphatic heterocycles. The van der Waals surface area contributed by atoms with E-state index >= 15 is 0 Å². The Morgan fingerprint density at radius 2 is 1.95 bits per heavy atom. The zero-order valence-corrected chi connectivity index (χ0v) is 12.0. The lowest BCUT2D eigenvalue weighted by Gasteiger charge is -2.08. The van der Waals surface area contributed by atoms with E-state index in [0.29, 0.717) is 5.56 Å². The van der Waals surface area contributed by atoms with Crippen molar-refractivity contribution in [1.29, 1.82) is 0 Å². The largest absolute Gasteiger partial charge is 0.335 e. The summed E-state index contributed by atoms with van der Waals surface area (Å²) in [7, 11) is 0. The summed E-state index contributed by atoms with van der Waals surface area (Å²) in [6.07, 6.45) is 0. The Morgan fingerprint density at radius 1 is 1.15 bits per heavy atom. The van der Waals surface area contributed by atoms with Crippen LogP contribution in [-0.2, 0) is 0 Å². The van der Waals surface area contributed by atoms with E-state index in [4.69, 9.17) is 0 Å². The van der Waals surface area contributed by atoms with E-state index in [-0.39, 0.29) is 11.9 Å². The molecule has 0 spiro atoms. The average Bonchev–Trinajstić information content (AvgIpc) is 2.93. The van der Waals surface area contributed by atoms with E-state index in [2.05, 4.69) is 22.4 Å². The Morgan fingerprint density at radius 3 is 2.75 bits per heavy atom. The molecule has 3 rings (SSSR count). The zero-order valence-electron chi connectivity index (χ0n) is 11.1. The SMILES string of the molecule is Cc1c(F)cccc1NC1=NC(c2ccccc2)CS1. The highest BCUT2D eigenvalue weighted by atomic mass is 32.2. The Labute approximate surface area is 122 Å². The first-order chi connectivity index (χ1) is 9.74. The predicted molar refractivity (Wildman–Crippen MR) is 83.8 cm³/mol. The summed E-state index contributed by atoms with van der Waals surface area (Å²) >= 11 is 1.67. The summed E-state index contributed by atoms with van der Waals surface area (Å²) in [4.78, 5) is 4.67. The van der Waals surface area contributed by atoms with E-state index < -0.39 is 0 Å². The number of hydrogen-bond acceptors (Lipinski definition) is 3. The number of benzene rings is 2. The fourth-order valence-corrected chi connectivity index (χ4v) is 3.11. The lowest BCUT2D eigenvalue weighted by atomic mass is 10.1. The van der Waals surface area contributed by atoms with Gasteiger partial charge in [0, 0.05) is 17.0 Å². The van der Waals surface area contributed by atoms with Gasteiger partial charge >= 0.3 is 0 Å². The van der Waals surface area contributed by atoms with Gasteiger partial charge in [-0.05, 0) is 24.6 Å². The molecule has 0 bridgehead atoms. The maximum Gasteiger partial charge on any atom is 0.161 e. The van der Waals surface area contributed by atoms with Gasteiger partial charge in [-0.15, -0.1) is 0 Å². The average molecular weight is 286 g/mol. The van der Waals surface area contributed by atoms with Gasteiger partial charge in [0.15, 0.2) is 5.17 Å². The van der Waals surface area contributed by atoms with Gasteiger partial charge in [0.25, 0.3) is 0 Å². The number of amidine groups is 1. The number of hydrogen-bond donors (Lipinski definition) is 1. The van der Waals surface area contributed by atoms with Crippen LogP contribution in [0.1, 0.15) is 17.2 Å². The minimum absolute atomic E-state index is 0.178. The molecule has 1 atom stereocenters. The van der Waals surface area contributed by atoms with Crippen molar-refractivity contribution >= 4 is 22.6 Å². The predicted octanol–water partition coefficient (Wildman–Crippen LogP) is 4.39.